The zero-order valence-corrected chi connectivity index (χ0v) is 11.9. The first-order valence-corrected chi connectivity index (χ1v) is 6.52. The summed E-state index contributed by atoms with van der Waals surface area (Å²) in [5, 5.41) is 7.48. The van der Waals surface area contributed by atoms with E-state index in [2.05, 4.69) is 29.6 Å². The summed E-state index contributed by atoms with van der Waals surface area (Å²) in [5.41, 5.74) is 0.853. The summed E-state index contributed by atoms with van der Waals surface area (Å²) in [5.74, 6) is -1.21. The summed E-state index contributed by atoms with van der Waals surface area (Å²) in [6, 6.07) is 1.06. The molecule has 0 saturated heterocycles. The average molecular weight is 343 g/mol. The van der Waals surface area contributed by atoms with Crippen LogP contribution in [0.3, 0.4) is 0 Å². The van der Waals surface area contributed by atoms with Crippen molar-refractivity contribution in [1.82, 2.24) is 24.6 Å². The van der Waals surface area contributed by atoms with Gasteiger partial charge in [0.25, 0.3) is 5.88 Å². The molecule has 126 valence electrons. The Balaban J connectivity index is 1.95. The van der Waals surface area contributed by atoms with Gasteiger partial charge in [0, 0.05) is 18.0 Å². The van der Waals surface area contributed by atoms with Gasteiger partial charge in [-0.1, -0.05) is 0 Å². The Bertz CT molecular complexity index is 857. The van der Waals surface area contributed by atoms with Crippen LogP contribution in [0.1, 0.15) is 5.82 Å². The van der Waals surface area contributed by atoms with Crippen molar-refractivity contribution in [2.24, 2.45) is 0 Å². The van der Waals surface area contributed by atoms with Crippen molar-refractivity contribution in [3.8, 4) is 17.1 Å². The van der Waals surface area contributed by atoms with Gasteiger partial charge in [-0.05, 0) is 6.07 Å². The maximum Gasteiger partial charge on any atom is 0.345 e. The van der Waals surface area contributed by atoms with Gasteiger partial charge in [-0.15, -0.1) is 10.2 Å². The molecule has 0 unspecified atom stereocenters. The van der Waals surface area contributed by atoms with Crippen molar-refractivity contribution in [3.63, 3.8) is 0 Å². The van der Waals surface area contributed by atoms with E-state index in [4.69, 9.17) is 0 Å². The van der Waals surface area contributed by atoms with Gasteiger partial charge < -0.3 is 9.47 Å². The second-order valence-electron chi connectivity index (χ2n) is 4.45. The lowest BCUT2D eigenvalue weighted by Crippen LogP contribution is -2.04. The van der Waals surface area contributed by atoms with Gasteiger partial charge in [-0.25, -0.2) is 13.8 Å². The van der Waals surface area contributed by atoms with Crippen LogP contribution in [0.5, 0.6) is 5.88 Å². The van der Waals surface area contributed by atoms with Gasteiger partial charge in [-0.3, -0.25) is 9.38 Å². The molecule has 11 heteroatoms. The monoisotopic (exact) mass is 343 g/mol. The first-order valence-electron chi connectivity index (χ1n) is 6.52. The highest BCUT2D eigenvalue weighted by Gasteiger charge is 2.13. The number of aromatic nitrogens is 5. The Labute approximate surface area is 131 Å². The van der Waals surface area contributed by atoms with Crippen LogP contribution in [0.2, 0.25) is 0 Å². The maximum absolute atomic E-state index is 13.7. The van der Waals surface area contributed by atoms with Gasteiger partial charge >= 0.3 is 6.61 Å². The number of hydrogen-bond acceptors (Lipinski definition) is 6. The predicted octanol–water partition coefficient (Wildman–Crippen LogP) is 2.37. The molecule has 3 heterocycles. The van der Waals surface area contributed by atoms with E-state index >= 15 is 0 Å². The molecule has 3 aromatic heterocycles. The highest BCUT2D eigenvalue weighted by Crippen LogP contribution is 2.22. The molecule has 0 atom stereocenters. The van der Waals surface area contributed by atoms with E-state index in [0.29, 0.717) is 5.65 Å². The van der Waals surface area contributed by atoms with Crippen LogP contribution in [0, 0.1) is 5.82 Å². The number of pyridine rings is 1. The van der Waals surface area contributed by atoms with E-state index in [9.17, 15) is 17.6 Å². The number of halogens is 4. The normalized spacial score (nSPS) is 11.4. The Morgan fingerprint density at radius 2 is 2.00 bits per heavy atom. The lowest BCUT2D eigenvalue weighted by Gasteiger charge is -2.06. The van der Waals surface area contributed by atoms with Crippen LogP contribution in [0.25, 0.3) is 16.9 Å². The van der Waals surface area contributed by atoms with Crippen molar-refractivity contribution in [3.05, 3.63) is 36.3 Å². The van der Waals surface area contributed by atoms with E-state index in [-0.39, 0.29) is 17.1 Å². The van der Waals surface area contributed by atoms with Crippen LogP contribution in [-0.4, -0.2) is 38.0 Å². The second-order valence-corrected chi connectivity index (χ2v) is 4.45. The summed E-state index contributed by atoms with van der Waals surface area (Å²) in [4.78, 5) is 7.72. The van der Waals surface area contributed by atoms with Crippen molar-refractivity contribution >= 4 is 5.65 Å². The molecule has 0 fully saturated rings. The minimum atomic E-state index is -2.94. The number of hydrogen-bond donors (Lipinski definition) is 0. The van der Waals surface area contributed by atoms with Gasteiger partial charge in [0.1, 0.15) is 6.61 Å². The molecule has 0 saturated carbocycles. The van der Waals surface area contributed by atoms with E-state index in [1.165, 1.54) is 23.0 Å². The fourth-order valence-electron chi connectivity index (χ4n) is 1.96. The van der Waals surface area contributed by atoms with Crippen LogP contribution in [0.4, 0.5) is 17.6 Å². The van der Waals surface area contributed by atoms with Gasteiger partial charge in [0.2, 0.25) is 6.86 Å². The molecule has 0 aromatic carbocycles. The minimum Gasteiger partial charge on any atom is -0.444 e. The number of ether oxygens (including phenoxy) is 2. The van der Waals surface area contributed by atoms with Crippen molar-refractivity contribution < 1.29 is 27.0 Å². The van der Waals surface area contributed by atoms with Crippen LogP contribution >= 0.6 is 0 Å². The molecule has 0 aliphatic carbocycles. The number of fused-ring (bicyclic) bond motifs is 1. The molecule has 0 radical (unpaired) electrons. The van der Waals surface area contributed by atoms with E-state index in [1.807, 2.05) is 0 Å². The van der Waals surface area contributed by atoms with Gasteiger partial charge in [0.15, 0.2) is 17.3 Å². The fourth-order valence-corrected chi connectivity index (χ4v) is 1.96. The molecule has 0 amide bonds. The third kappa shape index (κ3) is 3.25. The van der Waals surface area contributed by atoms with Crippen molar-refractivity contribution in [2.75, 3.05) is 6.86 Å². The molecular formula is C13H9F4N5O2. The topological polar surface area (TPSA) is 74.4 Å². The SMILES string of the molecule is FCOc1ncc(-c2cn3c(COC(F)F)nnc3cn2)cc1F. The molecule has 7 nitrogen and oxygen atoms in total. The number of rotatable bonds is 6. The van der Waals surface area contributed by atoms with Crippen LogP contribution < -0.4 is 4.74 Å². The van der Waals surface area contributed by atoms with Crippen molar-refractivity contribution in [1.29, 1.82) is 0 Å². The minimum absolute atomic E-state index is 0.125. The lowest BCUT2D eigenvalue weighted by molar-refractivity contribution is -0.138. The highest BCUT2D eigenvalue weighted by molar-refractivity contribution is 5.59. The molecule has 0 aliphatic rings. The molecule has 24 heavy (non-hydrogen) atoms. The Hall–Kier alpha value is -2.82. The number of alkyl halides is 3. The van der Waals surface area contributed by atoms with Crippen LogP contribution in [0.15, 0.2) is 24.7 Å². The highest BCUT2D eigenvalue weighted by atomic mass is 19.3. The standard InChI is InChI=1S/C13H9F4N5O2/c14-6-24-12-8(15)1-7(2-19-12)9-4-22-10(3-18-9)20-21-11(22)5-23-13(16)17/h1-4,13H,5-6H2. The molecule has 3 aromatic rings. The first-order chi connectivity index (χ1) is 11.6. The largest absolute Gasteiger partial charge is 0.444 e. The molecule has 0 spiro atoms. The molecular weight excluding hydrogens is 334 g/mol. The summed E-state index contributed by atoms with van der Waals surface area (Å²) < 4.78 is 60.0. The van der Waals surface area contributed by atoms with E-state index < -0.39 is 31.8 Å². The average Bonchev–Trinajstić information content (AvgIpc) is 2.97. The molecule has 0 aliphatic heterocycles. The Morgan fingerprint density at radius 3 is 2.71 bits per heavy atom. The summed E-state index contributed by atoms with van der Waals surface area (Å²) in [7, 11) is 0. The quantitative estimate of drug-likeness (QED) is 0.640. The molecule has 0 bridgehead atoms. The molecule has 3 rings (SSSR count). The van der Waals surface area contributed by atoms with Crippen LogP contribution in [-0.2, 0) is 11.3 Å². The summed E-state index contributed by atoms with van der Waals surface area (Å²) in [6.45, 7) is -4.61. The van der Waals surface area contributed by atoms with E-state index in [1.54, 1.807) is 0 Å². The maximum atomic E-state index is 13.7. The predicted molar refractivity (Wildman–Crippen MR) is 71.4 cm³/mol. The zero-order chi connectivity index (χ0) is 17.1. The third-order valence-corrected chi connectivity index (χ3v) is 3.00. The zero-order valence-electron chi connectivity index (χ0n) is 11.9. The number of nitrogens with zero attached hydrogens (tertiary/aromatic N) is 5. The summed E-state index contributed by atoms with van der Waals surface area (Å²) >= 11 is 0. The first kappa shape index (κ1) is 16.1. The fraction of sp³-hybridized carbons (Fsp3) is 0.231. The molecule has 0 N–H and O–H groups in total. The van der Waals surface area contributed by atoms with Gasteiger partial charge in [-0.2, -0.15) is 8.78 Å². The van der Waals surface area contributed by atoms with Gasteiger partial charge in [0.05, 0.1) is 11.9 Å². The van der Waals surface area contributed by atoms with Crippen molar-refractivity contribution in [2.45, 2.75) is 13.2 Å². The smallest absolute Gasteiger partial charge is 0.345 e. The second kappa shape index (κ2) is 6.74. The summed E-state index contributed by atoms with van der Waals surface area (Å²) in [6.07, 6.45) is 3.99. The Kier molecular flexibility index (Phi) is 4.51. The Morgan fingerprint density at radius 1 is 1.17 bits per heavy atom. The lowest BCUT2D eigenvalue weighted by atomic mass is 10.2. The van der Waals surface area contributed by atoms with E-state index in [0.717, 1.165) is 6.07 Å². The third-order valence-electron chi connectivity index (χ3n) is 3.00.